The number of likely N-dealkylation sites (tertiary alicyclic amines) is 1. The summed E-state index contributed by atoms with van der Waals surface area (Å²) in [5, 5.41) is 15.0. The molecule has 1 aliphatic rings. The van der Waals surface area contributed by atoms with Crippen molar-refractivity contribution in [3.8, 4) is 0 Å². The second-order valence-corrected chi connectivity index (χ2v) is 6.11. The van der Waals surface area contributed by atoms with Crippen LogP contribution in [-0.2, 0) is 11.2 Å². The molecule has 2 atom stereocenters. The van der Waals surface area contributed by atoms with Crippen molar-refractivity contribution in [3.05, 3.63) is 32.3 Å². The number of nitrogens with one attached hydrogen (secondary N) is 2. The number of hydrogen-bond acceptors (Lipinski definition) is 4. The minimum atomic E-state index is -0.907. The first kappa shape index (κ1) is 15.5. The van der Waals surface area contributed by atoms with Crippen molar-refractivity contribution >= 4 is 5.91 Å². The number of rotatable bonds is 3. The molecule has 0 spiro atoms. The van der Waals surface area contributed by atoms with Gasteiger partial charge in [-0.3, -0.25) is 24.6 Å². The fourth-order valence-corrected chi connectivity index (χ4v) is 2.82. The van der Waals surface area contributed by atoms with Crippen LogP contribution in [0.15, 0.2) is 15.7 Å². The molecule has 1 saturated heterocycles. The molecule has 2 heterocycles. The van der Waals surface area contributed by atoms with Crippen LogP contribution >= 0.6 is 0 Å². The SMILES string of the molecule is CC(C)[C@]1(O)CN(C(=O)Cc2cc(=O)[nH][nH]c2=O)C[C@H]1C. The van der Waals surface area contributed by atoms with Crippen molar-refractivity contribution in [1.82, 2.24) is 15.1 Å². The van der Waals surface area contributed by atoms with Crippen LogP contribution in [0.3, 0.4) is 0 Å². The standard InChI is InChI=1S/C14H21N3O4/c1-8(2)14(21)7-17(6-9(14)3)12(19)5-10-4-11(18)15-16-13(10)20/h4,8-9,21H,5-7H2,1-3H3,(H,15,18)(H,16,20)/t9-,14-/m1/s1. The first-order valence-corrected chi connectivity index (χ1v) is 7.05. The first-order chi connectivity index (χ1) is 9.74. The highest BCUT2D eigenvalue weighted by Gasteiger charge is 2.46. The number of nitrogens with zero attached hydrogens (tertiary/aromatic N) is 1. The van der Waals surface area contributed by atoms with E-state index >= 15 is 0 Å². The molecule has 7 heteroatoms. The minimum absolute atomic E-state index is 0.0288. The number of carbonyl (C=O) groups is 1. The van der Waals surface area contributed by atoms with Crippen molar-refractivity contribution in [2.24, 2.45) is 11.8 Å². The quantitative estimate of drug-likeness (QED) is 0.697. The summed E-state index contributed by atoms with van der Waals surface area (Å²) >= 11 is 0. The average molecular weight is 295 g/mol. The van der Waals surface area contributed by atoms with Crippen LogP contribution in [0.25, 0.3) is 0 Å². The largest absolute Gasteiger partial charge is 0.387 e. The number of H-pyrrole nitrogens is 2. The lowest BCUT2D eigenvalue weighted by molar-refractivity contribution is -0.130. The van der Waals surface area contributed by atoms with Gasteiger partial charge in [-0.2, -0.15) is 0 Å². The summed E-state index contributed by atoms with van der Waals surface area (Å²) in [7, 11) is 0. The van der Waals surface area contributed by atoms with Gasteiger partial charge in [0.2, 0.25) is 5.91 Å². The molecule has 21 heavy (non-hydrogen) atoms. The summed E-state index contributed by atoms with van der Waals surface area (Å²) in [6.07, 6.45) is -0.139. The Hall–Kier alpha value is -1.89. The van der Waals surface area contributed by atoms with Gasteiger partial charge in [-0.1, -0.05) is 20.8 Å². The number of β-amino-alcohol motifs (C(OH)–C–C–N with tert-alkyl or cyclic N) is 1. The van der Waals surface area contributed by atoms with Crippen LogP contribution in [0.5, 0.6) is 0 Å². The zero-order chi connectivity index (χ0) is 15.8. The van der Waals surface area contributed by atoms with Crippen molar-refractivity contribution in [3.63, 3.8) is 0 Å². The molecule has 1 aliphatic heterocycles. The van der Waals surface area contributed by atoms with E-state index in [4.69, 9.17) is 0 Å². The third-order valence-electron chi connectivity index (χ3n) is 4.38. The lowest BCUT2D eigenvalue weighted by Gasteiger charge is -2.31. The van der Waals surface area contributed by atoms with E-state index in [0.717, 1.165) is 6.07 Å². The van der Waals surface area contributed by atoms with E-state index in [1.807, 2.05) is 20.8 Å². The highest BCUT2D eigenvalue weighted by Crippen LogP contribution is 2.33. The van der Waals surface area contributed by atoms with Crippen LogP contribution < -0.4 is 11.1 Å². The van der Waals surface area contributed by atoms with Gasteiger partial charge in [0.1, 0.15) is 0 Å². The van der Waals surface area contributed by atoms with Crippen molar-refractivity contribution in [2.75, 3.05) is 13.1 Å². The van der Waals surface area contributed by atoms with Gasteiger partial charge in [-0.15, -0.1) is 0 Å². The molecule has 116 valence electrons. The van der Waals surface area contributed by atoms with Gasteiger partial charge >= 0.3 is 0 Å². The fourth-order valence-electron chi connectivity index (χ4n) is 2.82. The summed E-state index contributed by atoms with van der Waals surface area (Å²) < 4.78 is 0. The van der Waals surface area contributed by atoms with Crippen LogP contribution in [0.1, 0.15) is 26.3 Å². The maximum atomic E-state index is 12.3. The maximum absolute atomic E-state index is 12.3. The highest BCUT2D eigenvalue weighted by molar-refractivity contribution is 5.79. The van der Waals surface area contributed by atoms with Gasteiger partial charge in [0.05, 0.1) is 12.0 Å². The molecule has 0 saturated carbocycles. The monoisotopic (exact) mass is 295 g/mol. The molecule has 0 radical (unpaired) electrons. The number of hydrogen-bond donors (Lipinski definition) is 3. The molecule has 0 unspecified atom stereocenters. The lowest BCUT2D eigenvalue weighted by atomic mass is 9.82. The lowest BCUT2D eigenvalue weighted by Crippen LogP contribution is -2.43. The minimum Gasteiger partial charge on any atom is -0.387 e. The van der Waals surface area contributed by atoms with Crippen LogP contribution in [0.4, 0.5) is 0 Å². The van der Waals surface area contributed by atoms with Gasteiger partial charge in [-0.05, 0) is 5.92 Å². The Labute approximate surface area is 122 Å². The smallest absolute Gasteiger partial charge is 0.266 e. The number of aliphatic hydroxyl groups is 1. The Morgan fingerprint density at radius 3 is 2.71 bits per heavy atom. The molecule has 3 N–H and O–H groups in total. The summed E-state index contributed by atoms with van der Waals surface area (Å²) in [5.74, 6) is -0.248. The molecule has 2 rings (SSSR count). The first-order valence-electron chi connectivity index (χ1n) is 7.05. The molecule has 1 amide bonds. The second kappa shape index (κ2) is 5.48. The summed E-state index contributed by atoms with van der Waals surface area (Å²) in [5.41, 5.74) is -1.70. The summed E-state index contributed by atoms with van der Waals surface area (Å²) in [6.45, 7) is 6.46. The Kier molecular flexibility index (Phi) is 4.04. The van der Waals surface area contributed by atoms with Crippen LogP contribution in [-0.4, -0.2) is 44.8 Å². The van der Waals surface area contributed by atoms with E-state index in [0.29, 0.717) is 6.54 Å². The van der Waals surface area contributed by atoms with Crippen LogP contribution in [0, 0.1) is 11.8 Å². The molecule has 1 aromatic rings. The van der Waals surface area contributed by atoms with Crippen molar-refractivity contribution in [1.29, 1.82) is 0 Å². The molecule has 1 fully saturated rings. The normalized spacial score (nSPS) is 25.6. The number of aromatic nitrogens is 2. The van der Waals surface area contributed by atoms with Crippen molar-refractivity contribution in [2.45, 2.75) is 32.8 Å². The maximum Gasteiger partial charge on any atom is 0.266 e. The fraction of sp³-hybridized carbons (Fsp3) is 0.643. The van der Waals surface area contributed by atoms with Gasteiger partial charge in [0.15, 0.2) is 0 Å². The number of carbonyl (C=O) groups excluding carboxylic acids is 1. The zero-order valence-electron chi connectivity index (χ0n) is 12.5. The molecule has 0 aliphatic carbocycles. The third kappa shape index (κ3) is 2.92. The predicted octanol–water partition coefficient (Wildman–Crippen LogP) is -0.529. The summed E-state index contributed by atoms with van der Waals surface area (Å²) in [4.78, 5) is 36.6. The molecule has 0 aromatic carbocycles. The summed E-state index contributed by atoms with van der Waals surface area (Å²) in [6, 6.07) is 1.13. The molecule has 1 aromatic heterocycles. The molecular formula is C14H21N3O4. The highest BCUT2D eigenvalue weighted by atomic mass is 16.3. The van der Waals surface area contributed by atoms with Gasteiger partial charge in [0.25, 0.3) is 11.1 Å². The average Bonchev–Trinajstić information content (AvgIpc) is 2.72. The Morgan fingerprint density at radius 2 is 2.14 bits per heavy atom. The van der Waals surface area contributed by atoms with Gasteiger partial charge < -0.3 is 10.0 Å². The predicted molar refractivity (Wildman–Crippen MR) is 76.9 cm³/mol. The van der Waals surface area contributed by atoms with E-state index in [-0.39, 0.29) is 36.3 Å². The third-order valence-corrected chi connectivity index (χ3v) is 4.38. The number of aromatic amines is 2. The molecule has 0 bridgehead atoms. The second-order valence-electron chi connectivity index (χ2n) is 6.11. The van der Waals surface area contributed by atoms with E-state index < -0.39 is 16.7 Å². The van der Waals surface area contributed by atoms with E-state index in [2.05, 4.69) is 10.2 Å². The topological polar surface area (TPSA) is 106 Å². The van der Waals surface area contributed by atoms with E-state index in [1.54, 1.807) is 4.90 Å². The molecular weight excluding hydrogens is 274 g/mol. The van der Waals surface area contributed by atoms with Crippen LogP contribution in [0.2, 0.25) is 0 Å². The van der Waals surface area contributed by atoms with E-state index in [9.17, 15) is 19.5 Å². The molecule has 7 nitrogen and oxygen atoms in total. The Bertz CT molecular complexity index is 648. The zero-order valence-corrected chi connectivity index (χ0v) is 12.5. The Morgan fingerprint density at radius 1 is 1.48 bits per heavy atom. The van der Waals surface area contributed by atoms with E-state index in [1.165, 1.54) is 0 Å². The van der Waals surface area contributed by atoms with Crippen molar-refractivity contribution < 1.29 is 9.90 Å². The Balaban J connectivity index is 2.14. The van der Waals surface area contributed by atoms with Gasteiger partial charge in [-0.25, -0.2) is 0 Å². The van der Waals surface area contributed by atoms with Gasteiger partial charge in [0, 0.05) is 30.6 Å². The number of amides is 1.